The molecule has 0 aliphatic carbocycles. The fourth-order valence-electron chi connectivity index (χ4n) is 3.11. The maximum atomic E-state index is 9.65. The van der Waals surface area contributed by atoms with Crippen LogP contribution in [0, 0.1) is 16.1 Å². The summed E-state index contributed by atoms with van der Waals surface area (Å²) in [4.78, 5) is 7.34. The second-order valence-electron chi connectivity index (χ2n) is 6.06. The molecule has 0 spiro atoms. The molecule has 9 heteroatoms. The third-order valence-corrected chi connectivity index (χ3v) is 4.55. The Kier molecular flexibility index (Phi) is 3.70. The van der Waals surface area contributed by atoms with Gasteiger partial charge < -0.3 is 9.40 Å². The molecule has 1 aromatic carbocycles. The predicted octanol–water partition coefficient (Wildman–Crippen LogP) is 4.78. The van der Waals surface area contributed by atoms with Crippen molar-refractivity contribution in [3.63, 3.8) is 0 Å². The van der Waals surface area contributed by atoms with Crippen molar-refractivity contribution >= 4 is 18.0 Å². The minimum absolute atomic E-state index is 0.295. The molecule has 1 unspecified atom stereocenters. The van der Waals surface area contributed by atoms with Crippen molar-refractivity contribution in [1.29, 1.82) is 5.26 Å². The molecule has 8 nitrogen and oxygen atoms in total. The predicted molar refractivity (Wildman–Crippen MR) is 102 cm³/mol. The van der Waals surface area contributed by atoms with Crippen molar-refractivity contribution in [3.8, 4) is 28.8 Å². The van der Waals surface area contributed by atoms with Crippen LogP contribution in [0.3, 0.4) is 0 Å². The number of H-pyrrole nitrogens is 1. The van der Waals surface area contributed by atoms with Gasteiger partial charge in [0.1, 0.15) is 23.0 Å². The highest BCUT2D eigenvalue weighted by Gasteiger charge is 2.30. The molecule has 1 atom stereocenters. The molecule has 0 amide bonds. The standard InChI is InChI=1S/C19H11N7OS/c20-10-12-16(11-5-2-1-3-6-11)25-26-17(12)23-24-18(26)14-9-13(21-19(28)22-14)15-7-4-8-27-15/h1-9,18H,(H,21,22,28). The lowest BCUT2D eigenvalue weighted by Crippen LogP contribution is -2.09. The molecule has 134 valence electrons. The summed E-state index contributed by atoms with van der Waals surface area (Å²) in [5.74, 6) is 1.02. The number of nitriles is 1. The molecule has 3 aromatic heterocycles. The van der Waals surface area contributed by atoms with E-state index in [-0.39, 0.29) is 0 Å². The Labute approximate surface area is 163 Å². The summed E-state index contributed by atoms with van der Waals surface area (Å²) in [5, 5.41) is 22.8. The smallest absolute Gasteiger partial charge is 0.204 e. The van der Waals surface area contributed by atoms with E-state index in [1.807, 2.05) is 30.3 Å². The average Bonchev–Trinajstić information content (AvgIpc) is 3.44. The molecule has 4 heterocycles. The van der Waals surface area contributed by atoms with E-state index < -0.39 is 6.17 Å². The van der Waals surface area contributed by atoms with Crippen LogP contribution >= 0.6 is 12.2 Å². The van der Waals surface area contributed by atoms with Gasteiger partial charge in [-0.05, 0) is 30.4 Å². The maximum absolute atomic E-state index is 9.65. The van der Waals surface area contributed by atoms with Crippen molar-refractivity contribution in [2.75, 3.05) is 0 Å². The lowest BCUT2D eigenvalue weighted by Gasteiger charge is -2.09. The number of hydrogen-bond acceptors (Lipinski definition) is 7. The molecule has 0 saturated carbocycles. The lowest BCUT2D eigenvalue weighted by atomic mass is 10.1. The molecule has 1 N–H and O–H groups in total. The first-order valence-corrected chi connectivity index (χ1v) is 8.79. The topological polar surface area (TPSA) is 108 Å². The third kappa shape index (κ3) is 2.55. The highest BCUT2D eigenvalue weighted by atomic mass is 32.1. The minimum Gasteiger partial charge on any atom is -0.463 e. The molecular formula is C19H11N7OS. The zero-order chi connectivity index (χ0) is 19.1. The molecule has 28 heavy (non-hydrogen) atoms. The number of benzene rings is 1. The first-order valence-electron chi connectivity index (χ1n) is 8.38. The first kappa shape index (κ1) is 16.3. The number of aromatic amines is 1. The largest absolute Gasteiger partial charge is 0.463 e. The van der Waals surface area contributed by atoms with Crippen LogP contribution in [0.4, 0.5) is 5.82 Å². The van der Waals surface area contributed by atoms with Crippen molar-refractivity contribution < 1.29 is 4.42 Å². The molecule has 0 saturated heterocycles. The quantitative estimate of drug-likeness (QED) is 0.511. The van der Waals surface area contributed by atoms with Crippen LogP contribution in [0.15, 0.2) is 69.4 Å². The Balaban J connectivity index is 1.64. The third-order valence-electron chi connectivity index (χ3n) is 4.35. The van der Waals surface area contributed by atoms with Crippen molar-refractivity contribution in [3.05, 3.63) is 70.8 Å². The summed E-state index contributed by atoms with van der Waals surface area (Å²) in [6.07, 6.45) is 1.00. The summed E-state index contributed by atoms with van der Waals surface area (Å²) in [7, 11) is 0. The minimum atomic E-state index is -0.571. The van der Waals surface area contributed by atoms with Crippen molar-refractivity contribution in [1.82, 2.24) is 19.7 Å². The van der Waals surface area contributed by atoms with Gasteiger partial charge in [0.2, 0.25) is 6.17 Å². The van der Waals surface area contributed by atoms with E-state index in [0.29, 0.717) is 39.0 Å². The molecular weight excluding hydrogens is 374 g/mol. The Morgan fingerprint density at radius 3 is 2.79 bits per heavy atom. The van der Waals surface area contributed by atoms with E-state index in [4.69, 9.17) is 16.6 Å². The highest BCUT2D eigenvalue weighted by molar-refractivity contribution is 7.71. The summed E-state index contributed by atoms with van der Waals surface area (Å²) in [5.41, 5.74) is 3.04. The molecule has 4 aromatic rings. The van der Waals surface area contributed by atoms with Crippen LogP contribution in [0.5, 0.6) is 0 Å². The van der Waals surface area contributed by atoms with Gasteiger partial charge in [-0.25, -0.2) is 9.67 Å². The molecule has 0 bridgehead atoms. The van der Waals surface area contributed by atoms with Gasteiger partial charge in [0, 0.05) is 5.56 Å². The Morgan fingerprint density at radius 1 is 1.18 bits per heavy atom. The van der Waals surface area contributed by atoms with E-state index in [0.717, 1.165) is 5.56 Å². The van der Waals surface area contributed by atoms with Crippen LogP contribution in [0.1, 0.15) is 17.4 Å². The normalized spacial score (nSPS) is 14.8. The van der Waals surface area contributed by atoms with Crippen molar-refractivity contribution in [2.24, 2.45) is 10.2 Å². The first-order chi connectivity index (χ1) is 13.7. The number of aromatic nitrogens is 4. The van der Waals surface area contributed by atoms with E-state index in [9.17, 15) is 5.26 Å². The number of azo groups is 1. The highest BCUT2D eigenvalue weighted by Crippen LogP contribution is 2.39. The van der Waals surface area contributed by atoms with Crippen molar-refractivity contribution in [2.45, 2.75) is 6.17 Å². The van der Waals surface area contributed by atoms with Crippen LogP contribution in [0.25, 0.3) is 22.7 Å². The second kappa shape index (κ2) is 6.37. The number of furan rings is 1. The molecule has 0 fully saturated rings. The maximum Gasteiger partial charge on any atom is 0.204 e. The van der Waals surface area contributed by atoms with Gasteiger partial charge >= 0.3 is 0 Å². The van der Waals surface area contributed by atoms with Gasteiger partial charge in [-0.15, -0.1) is 5.11 Å². The molecule has 0 radical (unpaired) electrons. The lowest BCUT2D eigenvalue weighted by molar-refractivity contribution is 0.555. The fraction of sp³-hybridized carbons (Fsp3) is 0.0526. The average molecular weight is 385 g/mol. The molecule has 1 aliphatic rings. The van der Waals surface area contributed by atoms with Crippen LogP contribution in [-0.4, -0.2) is 19.7 Å². The van der Waals surface area contributed by atoms with Gasteiger partial charge in [-0.2, -0.15) is 15.5 Å². The summed E-state index contributed by atoms with van der Waals surface area (Å²) >= 11 is 5.26. The van der Waals surface area contributed by atoms with Gasteiger partial charge in [-0.3, -0.25) is 0 Å². The van der Waals surface area contributed by atoms with E-state index in [1.54, 1.807) is 29.1 Å². The van der Waals surface area contributed by atoms with E-state index in [1.165, 1.54) is 0 Å². The Bertz CT molecular complexity index is 1300. The molecule has 1 aliphatic heterocycles. The SMILES string of the molecule is N#Cc1c(-c2ccccc2)nn2c1N=NC2c1cc(-c2ccco2)nc(=S)[nH]1. The zero-order valence-electron chi connectivity index (χ0n) is 14.3. The number of fused-ring (bicyclic) bond motifs is 1. The number of nitrogens with one attached hydrogen (secondary N) is 1. The second-order valence-corrected chi connectivity index (χ2v) is 6.45. The van der Waals surface area contributed by atoms with E-state index in [2.05, 4.69) is 31.4 Å². The van der Waals surface area contributed by atoms with Crippen LogP contribution in [-0.2, 0) is 0 Å². The van der Waals surface area contributed by atoms with Gasteiger partial charge in [0.15, 0.2) is 16.3 Å². The summed E-state index contributed by atoms with van der Waals surface area (Å²) in [6, 6.07) is 17.1. The van der Waals surface area contributed by atoms with Crippen LogP contribution < -0.4 is 0 Å². The number of hydrogen-bond donors (Lipinski definition) is 1. The van der Waals surface area contributed by atoms with Crippen LogP contribution in [0.2, 0.25) is 0 Å². The van der Waals surface area contributed by atoms with Gasteiger partial charge in [-0.1, -0.05) is 30.3 Å². The fourth-order valence-corrected chi connectivity index (χ4v) is 3.33. The Hall–Kier alpha value is -3.90. The summed E-state index contributed by atoms with van der Waals surface area (Å²) in [6.45, 7) is 0. The van der Waals surface area contributed by atoms with Gasteiger partial charge in [0.05, 0.1) is 12.0 Å². The van der Waals surface area contributed by atoms with E-state index >= 15 is 0 Å². The zero-order valence-corrected chi connectivity index (χ0v) is 15.1. The Morgan fingerprint density at radius 2 is 2.04 bits per heavy atom. The van der Waals surface area contributed by atoms with Gasteiger partial charge in [0.25, 0.3) is 0 Å². The number of nitrogens with zero attached hydrogens (tertiary/aromatic N) is 6. The summed E-state index contributed by atoms with van der Waals surface area (Å²) < 4.78 is 7.33. The molecule has 5 rings (SSSR count). The monoisotopic (exact) mass is 385 g/mol. The number of rotatable bonds is 3.